The van der Waals surface area contributed by atoms with Crippen LogP contribution in [0.4, 0.5) is 0 Å². The summed E-state index contributed by atoms with van der Waals surface area (Å²) in [6.07, 6.45) is -1.23. The molecule has 1 heterocycles. The number of aliphatic hydroxyl groups is 1. The summed E-state index contributed by atoms with van der Waals surface area (Å²) >= 11 is 12.3. The molecule has 0 fully saturated rings. The van der Waals surface area contributed by atoms with E-state index in [0.717, 1.165) is 5.56 Å². The molecule has 126 valence electrons. The van der Waals surface area contributed by atoms with E-state index in [1.165, 1.54) is 0 Å². The number of ether oxygens (including phenoxy) is 2. The molecule has 2 atom stereocenters. The Balaban J connectivity index is 2.21. The third-order valence-electron chi connectivity index (χ3n) is 4.06. The number of carbonyl (C=O) groups excluding carboxylic acids is 1. The van der Waals surface area contributed by atoms with E-state index in [2.05, 4.69) is 0 Å². The minimum Gasteiger partial charge on any atom is -0.474 e. The van der Waals surface area contributed by atoms with E-state index >= 15 is 0 Å². The van der Waals surface area contributed by atoms with Crippen LogP contribution >= 0.6 is 23.2 Å². The zero-order valence-electron chi connectivity index (χ0n) is 13.2. The molecule has 2 aromatic carbocycles. The van der Waals surface area contributed by atoms with Gasteiger partial charge in [0.1, 0.15) is 5.75 Å². The molecule has 6 heteroatoms. The molecule has 24 heavy (non-hydrogen) atoms. The Kier molecular flexibility index (Phi) is 4.47. The molecule has 0 amide bonds. The second kappa shape index (κ2) is 6.28. The van der Waals surface area contributed by atoms with Crippen LogP contribution in [0.1, 0.15) is 23.6 Å². The Morgan fingerprint density at radius 1 is 1.33 bits per heavy atom. The van der Waals surface area contributed by atoms with Crippen molar-refractivity contribution in [3.63, 3.8) is 0 Å². The molecule has 0 bridgehead atoms. The number of hydrogen-bond acceptors (Lipinski definition) is 4. The number of rotatable bonds is 3. The minimum atomic E-state index is -1.73. The van der Waals surface area contributed by atoms with Crippen LogP contribution in [0.15, 0.2) is 36.4 Å². The van der Waals surface area contributed by atoms with Crippen LogP contribution in [0.25, 0.3) is 0 Å². The number of fused-ring (bicyclic) bond motifs is 1. The van der Waals surface area contributed by atoms with Crippen LogP contribution < -0.4 is 4.74 Å². The summed E-state index contributed by atoms with van der Waals surface area (Å²) in [6, 6.07) is 9.99. The standard InChI is InChI=1S/C18H16Cl2O4/c1-3-23-17(21)16-18(22,11-5-4-6-12(19)8-11)13-9-14(20)10(2)7-15(13)24-16/h4-9,16,22H,3H2,1-2H3/t16-,18+/m0/s1. The first kappa shape index (κ1) is 17.1. The first-order valence-electron chi connectivity index (χ1n) is 7.50. The van der Waals surface area contributed by atoms with Crippen molar-refractivity contribution in [2.24, 2.45) is 0 Å². The van der Waals surface area contributed by atoms with Gasteiger partial charge in [-0.15, -0.1) is 0 Å². The molecule has 0 aliphatic carbocycles. The van der Waals surface area contributed by atoms with Gasteiger partial charge in [-0.1, -0.05) is 35.3 Å². The molecule has 0 aromatic heterocycles. The Hall–Kier alpha value is -1.75. The Morgan fingerprint density at radius 3 is 2.75 bits per heavy atom. The highest BCUT2D eigenvalue weighted by atomic mass is 35.5. The fraction of sp³-hybridized carbons (Fsp3) is 0.278. The number of carbonyl (C=O) groups is 1. The second-order valence-electron chi connectivity index (χ2n) is 5.62. The number of benzene rings is 2. The van der Waals surface area contributed by atoms with E-state index in [1.54, 1.807) is 43.3 Å². The quantitative estimate of drug-likeness (QED) is 0.837. The lowest BCUT2D eigenvalue weighted by Gasteiger charge is -2.28. The van der Waals surface area contributed by atoms with Crippen LogP contribution in [0.5, 0.6) is 5.75 Å². The van der Waals surface area contributed by atoms with E-state index in [9.17, 15) is 9.90 Å². The number of hydrogen-bond donors (Lipinski definition) is 1. The lowest BCUT2D eigenvalue weighted by atomic mass is 9.83. The van der Waals surface area contributed by atoms with E-state index < -0.39 is 17.7 Å². The maximum absolute atomic E-state index is 12.4. The molecule has 0 radical (unpaired) electrons. The zero-order chi connectivity index (χ0) is 17.5. The predicted molar refractivity (Wildman–Crippen MR) is 91.7 cm³/mol. The van der Waals surface area contributed by atoms with Crippen LogP contribution in [0.2, 0.25) is 10.0 Å². The lowest BCUT2D eigenvalue weighted by Crippen LogP contribution is -2.45. The van der Waals surface area contributed by atoms with Crippen molar-refractivity contribution < 1.29 is 19.4 Å². The molecule has 2 aromatic rings. The van der Waals surface area contributed by atoms with Crippen molar-refractivity contribution in [1.82, 2.24) is 0 Å². The van der Waals surface area contributed by atoms with E-state index in [0.29, 0.717) is 26.9 Å². The Bertz CT molecular complexity index is 806. The first-order valence-corrected chi connectivity index (χ1v) is 8.25. The van der Waals surface area contributed by atoms with Gasteiger partial charge in [0.15, 0.2) is 5.60 Å². The highest BCUT2D eigenvalue weighted by Gasteiger charge is 2.54. The van der Waals surface area contributed by atoms with Crippen molar-refractivity contribution in [1.29, 1.82) is 0 Å². The van der Waals surface area contributed by atoms with Crippen molar-refractivity contribution in [2.75, 3.05) is 6.61 Å². The number of aryl methyl sites for hydroxylation is 1. The molecule has 1 aliphatic rings. The first-order chi connectivity index (χ1) is 11.4. The summed E-state index contributed by atoms with van der Waals surface area (Å²) in [7, 11) is 0. The second-order valence-corrected chi connectivity index (χ2v) is 6.47. The highest BCUT2D eigenvalue weighted by Crippen LogP contribution is 2.48. The highest BCUT2D eigenvalue weighted by molar-refractivity contribution is 6.31. The normalized spacial score (nSPS) is 22.0. The van der Waals surface area contributed by atoms with Gasteiger partial charge in [0.25, 0.3) is 0 Å². The van der Waals surface area contributed by atoms with Gasteiger partial charge in [0, 0.05) is 15.6 Å². The summed E-state index contributed by atoms with van der Waals surface area (Å²) in [5.74, 6) is -0.248. The van der Waals surface area contributed by atoms with Crippen molar-refractivity contribution in [2.45, 2.75) is 25.6 Å². The molecule has 0 spiro atoms. The molecular formula is C18H16Cl2O4. The number of halogens is 2. The zero-order valence-corrected chi connectivity index (χ0v) is 14.7. The summed E-state index contributed by atoms with van der Waals surface area (Å²) in [5.41, 5.74) is -0.0948. The summed E-state index contributed by atoms with van der Waals surface area (Å²) < 4.78 is 10.8. The molecule has 0 unspecified atom stereocenters. The van der Waals surface area contributed by atoms with Gasteiger partial charge >= 0.3 is 5.97 Å². The number of esters is 1. The van der Waals surface area contributed by atoms with Crippen LogP contribution in [-0.4, -0.2) is 23.8 Å². The largest absolute Gasteiger partial charge is 0.474 e. The molecule has 1 N–H and O–H groups in total. The lowest BCUT2D eigenvalue weighted by molar-refractivity contribution is -0.159. The smallest absolute Gasteiger partial charge is 0.351 e. The Morgan fingerprint density at radius 2 is 2.08 bits per heavy atom. The molecule has 1 aliphatic heterocycles. The van der Waals surface area contributed by atoms with Gasteiger partial charge in [-0.25, -0.2) is 4.79 Å². The van der Waals surface area contributed by atoms with E-state index in [1.807, 2.05) is 6.92 Å². The van der Waals surface area contributed by atoms with Gasteiger partial charge in [-0.2, -0.15) is 0 Å². The fourth-order valence-corrected chi connectivity index (χ4v) is 3.23. The maximum atomic E-state index is 12.4. The van der Waals surface area contributed by atoms with Crippen molar-refractivity contribution in [3.8, 4) is 5.75 Å². The van der Waals surface area contributed by atoms with Gasteiger partial charge < -0.3 is 14.6 Å². The van der Waals surface area contributed by atoms with Crippen LogP contribution in [0, 0.1) is 6.92 Å². The fourth-order valence-electron chi connectivity index (χ4n) is 2.87. The van der Waals surface area contributed by atoms with E-state index in [-0.39, 0.29) is 6.61 Å². The molecular weight excluding hydrogens is 351 g/mol. The SMILES string of the molecule is CCOC(=O)[C@@H]1Oc2cc(C)c(Cl)cc2[C@]1(O)c1cccc(Cl)c1. The van der Waals surface area contributed by atoms with Gasteiger partial charge in [0.2, 0.25) is 6.10 Å². The van der Waals surface area contributed by atoms with E-state index in [4.69, 9.17) is 32.7 Å². The average molecular weight is 367 g/mol. The minimum absolute atomic E-state index is 0.181. The Labute approximate surface area is 149 Å². The van der Waals surface area contributed by atoms with Crippen molar-refractivity contribution >= 4 is 29.2 Å². The van der Waals surface area contributed by atoms with Gasteiger partial charge in [-0.05, 0) is 49.2 Å². The average Bonchev–Trinajstić information content (AvgIpc) is 2.82. The summed E-state index contributed by atoms with van der Waals surface area (Å²) in [5, 5.41) is 12.4. The third kappa shape index (κ3) is 2.65. The monoisotopic (exact) mass is 366 g/mol. The topological polar surface area (TPSA) is 55.8 Å². The third-order valence-corrected chi connectivity index (χ3v) is 4.70. The predicted octanol–water partition coefficient (Wildman–Crippen LogP) is 3.86. The molecule has 0 saturated heterocycles. The van der Waals surface area contributed by atoms with Gasteiger partial charge in [-0.3, -0.25) is 0 Å². The summed E-state index contributed by atoms with van der Waals surface area (Å²) in [6.45, 7) is 3.70. The van der Waals surface area contributed by atoms with Crippen molar-refractivity contribution in [3.05, 3.63) is 63.1 Å². The van der Waals surface area contributed by atoms with Crippen LogP contribution in [-0.2, 0) is 15.1 Å². The molecule has 4 nitrogen and oxygen atoms in total. The molecule has 3 rings (SSSR count). The van der Waals surface area contributed by atoms with Crippen LogP contribution in [0.3, 0.4) is 0 Å². The van der Waals surface area contributed by atoms with Gasteiger partial charge in [0.05, 0.1) is 6.61 Å². The maximum Gasteiger partial charge on any atom is 0.351 e. The molecule has 0 saturated carbocycles. The summed E-state index contributed by atoms with van der Waals surface area (Å²) in [4.78, 5) is 12.4.